The molecule has 0 bridgehead atoms. The van der Waals surface area contributed by atoms with Crippen molar-refractivity contribution in [1.29, 1.82) is 0 Å². The molecule has 4 nitrogen and oxygen atoms in total. The Morgan fingerprint density at radius 1 is 1.41 bits per heavy atom. The smallest absolute Gasteiger partial charge is 0.260 e. The van der Waals surface area contributed by atoms with Crippen LogP contribution in [0.25, 0.3) is 0 Å². The minimum atomic E-state index is -0.349. The average Bonchev–Trinajstić information content (AvgIpc) is 2.68. The van der Waals surface area contributed by atoms with Gasteiger partial charge < -0.3 is 14.8 Å². The molecule has 0 aliphatic rings. The van der Waals surface area contributed by atoms with Crippen LogP contribution in [0.4, 0.5) is 5.69 Å². The van der Waals surface area contributed by atoms with Crippen LogP contribution < -0.4 is 5.32 Å². The first kappa shape index (κ1) is 12.0. The van der Waals surface area contributed by atoms with Gasteiger partial charge in [0.05, 0.1) is 22.5 Å². The Bertz CT molecular complexity index is 568. The van der Waals surface area contributed by atoms with Crippen LogP contribution in [0.3, 0.4) is 0 Å². The summed E-state index contributed by atoms with van der Waals surface area (Å²) < 4.78 is 5.31. The topological polar surface area (TPSA) is 62.5 Å². The lowest BCUT2D eigenvalue weighted by Gasteiger charge is -2.06. The van der Waals surface area contributed by atoms with Gasteiger partial charge in [-0.15, -0.1) is 0 Å². The molecule has 0 radical (unpaired) electrons. The fraction of sp³-hybridized carbons (Fsp3) is 0. The maximum atomic E-state index is 11.8. The second-order valence-corrected chi connectivity index (χ2v) is 4.35. The molecule has 0 spiro atoms. The van der Waals surface area contributed by atoms with Crippen LogP contribution in [0.1, 0.15) is 10.4 Å². The first-order valence-corrected chi connectivity index (χ1v) is 5.78. The Labute approximate surface area is 110 Å². The van der Waals surface area contributed by atoms with E-state index in [1.807, 2.05) is 0 Å². The van der Waals surface area contributed by atoms with Gasteiger partial charge in [0.15, 0.2) is 4.67 Å². The van der Waals surface area contributed by atoms with E-state index in [9.17, 15) is 9.90 Å². The fourth-order valence-corrected chi connectivity index (χ4v) is 1.89. The number of phenolic OH excluding ortho intramolecular Hbond substituents is 1. The van der Waals surface area contributed by atoms with Gasteiger partial charge >= 0.3 is 0 Å². The highest BCUT2D eigenvalue weighted by Gasteiger charge is 2.14. The van der Waals surface area contributed by atoms with Crippen LogP contribution >= 0.6 is 27.5 Å². The average molecular weight is 317 g/mol. The van der Waals surface area contributed by atoms with E-state index in [0.717, 1.165) is 0 Å². The SMILES string of the molecule is O=C(Nc1ccc(O)cc1Cl)c1ccoc1Br. The predicted molar refractivity (Wildman–Crippen MR) is 67.5 cm³/mol. The molecule has 2 aromatic rings. The molecule has 1 heterocycles. The lowest BCUT2D eigenvalue weighted by molar-refractivity contribution is 0.102. The number of benzene rings is 1. The molecule has 2 rings (SSSR count). The molecule has 0 unspecified atom stereocenters. The second-order valence-electron chi connectivity index (χ2n) is 3.23. The molecule has 1 amide bonds. The van der Waals surface area contributed by atoms with Crippen molar-refractivity contribution in [2.75, 3.05) is 5.32 Å². The molecule has 1 aromatic heterocycles. The van der Waals surface area contributed by atoms with Gasteiger partial charge in [-0.2, -0.15) is 0 Å². The van der Waals surface area contributed by atoms with Crippen LogP contribution in [-0.2, 0) is 0 Å². The van der Waals surface area contributed by atoms with E-state index in [1.165, 1.54) is 30.5 Å². The number of hydrogen-bond donors (Lipinski definition) is 2. The monoisotopic (exact) mass is 315 g/mol. The Balaban J connectivity index is 2.22. The molecule has 0 atom stereocenters. The van der Waals surface area contributed by atoms with Crippen molar-refractivity contribution >= 4 is 39.1 Å². The lowest BCUT2D eigenvalue weighted by Crippen LogP contribution is -2.11. The highest BCUT2D eigenvalue weighted by molar-refractivity contribution is 9.10. The van der Waals surface area contributed by atoms with Crippen molar-refractivity contribution in [3.8, 4) is 5.75 Å². The quantitative estimate of drug-likeness (QED) is 0.831. The van der Waals surface area contributed by atoms with Crippen molar-refractivity contribution in [3.63, 3.8) is 0 Å². The van der Waals surface area contributed by atoms with Crippen LogP contribution in [0.15, 0.2) is 39.6 Å². The lowest BCUT2D eigenvalue weighted by atomic mass is 10.2. The first-order chi connectivity index (χ1) is 8.08. The number of anilines is 1. The third-order valence-electron chi connectivity index (χ3n) is 2.06. The van der Waals surface area contributed by atoms with Gasteiger partial charge in [0.25, 0.3) is 5.91 Å². The Kier molecular flexibility index (Phi) is 3.40. The number of aromatic hydroxyl groups is 1. The van der Waals surface area contributed by atoms with Crippen LogP contribution in [0.2, 0.25) is 5.02 Å². The van der Waals surface area contributed by atoms with Gasteiger partial charge in [-0.05, 0) is 34.1 Å². The molecule has 0 aliphatic heterocycles. The highest BCUT2D eigenvalue weighted by Crippen LogP contribution is 2.27. The largest absolute Gasteiger partial charge is 0.508 e. The minimum Gasteiger partial charge on any atom is -0.508 e. The van der Waals surface area contributed by atoms with Crippen LogP contribution in [-0.4, -0.2) is 11.0 Å². The molecular weight excluding hydrogens is 309 g/mol. The number of amides is 1. The van der Waals surface area contributed by atoms with E-state index >= 15 is 0 Å². The first-order valence-electron chi connectivity index (χ1n) is 4.61. The summed E-state index contributed by atoms with van der Waals surface area (Å²) in [6.07, 6.45) is 1.40. The minimum absolute atomic E-state index is 0.0393. The summed E-state index contributed by atoms with van der Waals surface area (Å²) in [5.41, 5.74) is 0.789. The Morgan fingerprint density at radius 2 is 2.18 bits per heavy atom. The number of carbonyl (C=O) groups excluding carboxylic acids is 1. The van der Waals surface area contributed by atoms with Gasteiger partial charge in [0.1, 0.15) is 5.75 Å². The molecule has 0 fully saturated rings. The summed E-state index contributed by atoms with van der Waals surface area (Å²) in [5, 5.41) is 12.1. The fourth-order valence-electron chi connectivity index (χ4n) is 1.25. The summed E-state index contributed by atoms with van der Waals surface area (Å²) >= 11 is 8.97. The molecule has 0 saturated heterocycles. The van der Waals surface area contributed by atoms with Gasteiger partial charge in [0, 0.05) is 6.07 Å². The van der Waals surface area contributed by atoms with Gasteiger partial charge in [-0.1, -0.05) is 11.6 Å². The predicted octanol–water partition coefficient (Wildman–Crippen LogP) is 3.65. The van der Waals surface area contributed by atoms with Gasteiger partial charge in [-0.3, -0.25) is 4.79 Å². The van der Waals surface area contributed by atoms with E-state index in [2.05, 4.69) is 21.2 Å². The third-order valence-corrected chi connectivity index (χ3v) is 2.99. The number of phenols is 1. The van der Waals surface area contributed by atoms with Crippen LogP contribution in [0, 0.1) is 0 Å². The van der Waals surface area contributed by atoms with Crippen molar-refractivity contribution in [3.05, 3.63) is 45.8 Å². The zero-order chi connectivity index (χ0) is 12.4. The molecule has 6 heteroatoms. The maximum Gasteiger partial charge on any atom is 0.260 e. The maximum absolute atomic E-state index is 11.8. The number of rotatable bonds is 2. The van der Waals surface area contributed by atoms with E-state index < -0.39 is 0 Å². The van der Waals surface area contributed by atoms with E-state index in [1.54, 1.807) is 0 Å². The van der Waals surface area contributed by atoms with Gasteiger partial charge in [-0.25, -0.2) is 0 Å². The molecule has 0 saturated carbocycles. The van der Waals surface area contributed by atoms with Crippen molar-refractivity contribution in [2.45, 2.75) is 0 Å². The number of carbonyl (C=O) groups is 1. The summed E-state index contributed by atoms with van der Waals surface area (Å²) in [4.78, 5) is 11.8. The number of hydrogen-bond acceptors (Lipinski definition) is 3. The summed E-state index contributed by atoms with van der Waals surface area (Å²) in [5.74, 6) is -0.310. The molecule has 2 N–H and O–H groups in total. The molecule has 88 valence electrons. The number of halogens is 2. The van der Waals surface area contributed by atoms with E-state index in [-0.39, 0.29) is 16.7 Å². The normalized spacial score (nSPS) is 10.2. The number of nitrogens with one attached hydrogen (secondary N) is 1. The van der Waals surface area contributed by atoms with E-state index in [4.69, 9.17) is 16.0 Å². The van der Waals surface area contributed by atoms with Crippen LogP contribution in [0.5, 0.6) is 5.75 Å². The van der Waals surface area contributed by atoms with Crippen molar-refractivity contribution in [2.24, 2.45) is 0 Å². The molecular formula is C11H7BrClNO3. The van der Waals surface area contributed by atoms with Crippen molar-refractivity contribution < 1.29 is 14.3 Å². The van der Waals surface area contributed by atoms with Crippen molar-refractivity contribution in [1.82, 2.24) is 0 Å². The standard InChI is InChI=1S/C11H7BrClNO3/c12-10-7(3-4-17-10)11(16)14-9-2-1-6(15)5-8(9)13/h1-5,15H,(H,14,16). The molecule has 17 heavy (non-hydrogen) atoms. The van der Waals surface area contributed by atoms with E-state index in [0.29, 0.717) is 15.9 Å². The summed E-state index contributed by atoms with van der Waals surface area (Å²) in [6, 6.07) is 5.84. The molecule has 0 aliphatic carbocycles. The number of furan rings is 1. The summed E-state index contributed by atoms with van der Waals surface area (Å²) in [7, 11) is 0. The second kappa shape index (κ2) is 4.81. The summed E-state index contributed by atoms with van der Waals surface area (Å²) in [6.45, 7) is 0. The zero-order valence-electron chi connectivity index (χ0n) is 8.41. The Morgan fingerprint density at radius 3 is 2.76 bits per heavy atom. The molecule has 1 aromatic carbocycles. The van der Waals surface area contributed by atoms with Gasteiger partial charge in [0.2, 0.25) is 0 Å². The Hall–Kier alpha value is -1.46. The highest BCUT2D eigenvalue weighted by atomic mass is 79.9. The third kappa shape index (κ3) is 2.62. The zero-order valence-corrected chi connectivity index (χ0v) is 10.7.